The number of aryl methyl sites for hydroxylation is 1. The fourth-order valence-corrected chi connectivity index (χ4v) is 3.56. The Hall–Kier alpha value is -1.88. The summed E-state index contributed by atoms with van der Waals surface area (Å²) in [6.45, 7) is 5.35. The number of piperidine rings is 1. The van der Waals surface area contributed by atoms with Crippen molar-refractivity contribution in [2.24, 2.45) is 5.92 Å². The Kier molecular flexibility index (Phi) is 3.15. The van der Waals surface area contributed by atoms with Gasteiger partial charge in [-0.05, 0) is 37.8 Å². The van der Waals surface area contributed by atoms with Gasteiger partial charge in [0, 0.05) is 24.7 Å². The molecule has 0 saturated carbocycles. The summed E-state index contributed by atoms with van der Waals surface area (Å²) in [6.07, 6.45) is 2.61. The van der Waals surface area contributed by atoms with Crippen LogP contribution in [0.2, 0.25) is 0 Å². The van der Waals surface area contributed by atoms with Crippen LogP contribution in [0.1, 0.15) is 18.4 Å². The Balaban J connectivity index is 1.56. The Bertz CT molecular complexity index is 621. The van der Waals surface area contributed by atoms with E-state index in [0.29, 0.717) is 6.04 Å². The van der Waals surface area contributed by atoms with Crippen LogP contribution in [0.15, 0.2) is 24.3 Å². The number of benzene rings is 1. The molecular weight excluding hydrogens is 262 g/mol. The molecule has 2 atom stereocenters. The highest BCUT2D eigenvalue weighted by atomic mass is 15.4. The van der Waals surface area contributed by atoms with Crippen LogP contribution in [-0.4, -0.2) is 40.9 Å². The van der Waals surface area contributed by atoms with Crippen molar-refractivity contribution in [3.63, 3.8) is 0 Å². The van der Waals surface area contributed by atoms with Crippen LogP contribution in [-0.2, 0) is 0 Å². The predicted molar refractivity (Wildman–Crippen MR) is 83.3 cm³/mol. The molecule has 2 aliphatic rings. The molecule has 0 amide bonds. The second-order valence-corrected chi connectivity index (χ2v) is 6.17. The van der Waals surface area contributed by atoms with Gasteiger partial charge in [-0.1, -0.05) is 24.3 Å². The van der Waals surface area contributed by atoms with E-state index in [2.05, 4.69) is 39.5 Å². The van der Waals surface area contributed by atoms with Gasteiger partial charge in [-0.25, -0.2) is 0 Å². The zero-order valence-corrected chi connectivity index (χ0v) is 12.3. The number of anilines is 1. The average Bonchev–Trinajstić information content (AvgIpc) is 3.14. The minimum atomic E-state index is 0.610. The minimum Gasteiger partial charge on any atom is -0.338 e. The lowest BCUT2D eigenvalue weighted by atomic mass is 9.94. The Morgan fingerprint density at radius 1 is 1.24 bits per heavy atom. The van der Waals surface area contributed by atoms with E-state index >= 15 is 0 Å². The van der Waals surface area contributed by atoms with E-state index in [1.165, 1.54) is 18.4 Å². The third kappa shape index (κ3) is 2.31. The highest BCUT2D eigenvalue weighted by molar-refractivity contribution is 5.60. The normalized spacial score (nSPS) is 25.1. The van der Waals surface area contributed by atoms with E-state index in [-0.39, 0.29) is 0 Å². The number of rotatable bonds is 2. The Labute approximate surface area is 124 Å². The van der Waals surface area contributed by atoms with Gasteiger partial charge in [0.1, 0.15) is 0 Å². The summed E-state index contributed by atoms with van der Waals surface area (Å²) in [4.78, 5) is 7.02. The first kappa shape index (κ1) is 12.8. The number of hydrogen-bond acceptors (Lipinski definition) is 4. The summed E-state index contributed by atoms with van der Waals surface area (Å²) >= 11 is 0. The van der Waals surface area contributed by atoms with Crippen molar-refractivity contribution in [3.8, 4) is 11.4 Å². The first-order valence-electron chi connectivity index (χ1n) is 7.78. The van der Waals surface area contributed by atoms with Crippen LogP contribution in [0.25, 0.3) is 11.4 Å². The van der Waals surface area contributed by atoms with Gasteiger partial charge < -0.3 is 10.2 Å². The van der Waals surface area contributed by atoms with Crippen molar-refractivity contribution in [3.05, 3.63) is 29.8 Å². The lowest BCUT2D eigenvalue weighted by Crippen LogP contribution is -2.40. The highest BCUT2D eigenvalue weighted by Crippen LogP contribution is 2.28. The lowest BCUT2D eigenvalue weighted by molar-refractivity contribution is 0.340. The van der Waals surface area contributed by atoms with Gasteiger partial charge in [0.2, 0.25) is 5.95 Å². The molecule has 2 aliphatic heterocycles. The van der Waals surface area contributed by atoms with Crippen LogP contribution < -0.4 is 10.2 Å². The predicted octanol–water partition coefficient (Wildman–Crippen LogP) is 1.97. The highest BCUT2D eigenvalue weighted by Gasteiger charge is 2.35. The molecule has 0 radical (unpaired) electrons. The number of aromatic nitrogens is 3. The molecule has 2 saturated heterocycles. The Morgan fingerprint density at radius 2 is 2.14 bits per heavy atom. The van der Waals surface area contributed by atoms with Crippen molar-refractivity contribution in [2.45, 2.75) is 25.8 Å². The quantitative estimate of drug-likeness (QED) is 0.885. The first-order valence-corrected chi connectivity index (χ1v) is 7.78. The molecule has 5 heteroatoms. The molecular formula is C16H21N5. The molecule has 0 aliphatic carbocycles. The SMILES string of the molecule is Cc1ccccc1-c1nc(N2CC3CCCNC3C2)n[nH]1. The molecule has 2 aromatic rings. The molecule has 4 rings (SSSR count). The van der Waals surface area contributed by atoms with Crippen LogP contribution in [0.5, 0.6) is 0 Å². The number of aromatic amines is 1. The van der Waals surface area contributed by atoms with E-state index < -0.39 is 0 Å². The lowest BCUT2D eigenvalue weighted by Gasteiger charge is -2.24. The topological polar surface area (TPSA) is 56.8 Å². The van der Waals surface area contributed by atoms with Gasteiger partial charge >= 0.3 is 0 Å². The summed E-state index contributed by atoms with van der Waals surface area (Å²) in [5.74, 6) is 2.45. The zero-order valence-electron chi connectivity index (χ0n) is 12.3. The average molecular weight is 283 g/mol. The molecule has 0 spiro atoms. The van der Waals surface area contributed by atoms with Crippen molar-refractivity contribution < 1.29 is 0 Å². The largest absolute Gasteiger partial charge is 0.338 e. The number of nitrogens with one attached hydrogen (secondary N) is 2. The standard InChI is InChI=1S/C16H21N5/c1-11-5-2-3-7-13(11)15-18-16(20-19-15)21-9-12-6-4-8-17-14(12)10-21/h2-3,5,7,12,14,17H,4,6,8-10H2,1H3,(H,18,19,20). The smallest absolute Gasteiger partial charge is 0.245 e. The van der Waals surface area contributed by atoms with Gasteiger partial charge in [0.15, 0.2) is 5.82 Å². The summed E-state index contributed by atoms with van der Waals surface area (Å²) in [6, 6.07) is 8.89. The van der Waals surface area contributed by atoms with E-state index in [0.717, 1.165) is 42.9 Å². The third-order valence-corrected chi connectivity index (χ3v) is 4.76. The van der Waals surface area contributed by atoms with E-state index in [1.54, 1.807) is 0 Å². The maximum atomic E-state index is 4.71. The summed E-state index contributed by atoms with van der Waals surface area (Å²) in [7, 11) is 0. The monoisotopic (exact) mass is 283 g/mol. The van der Waals surface area contributed by atoms with Crippen molar-refractivity contribution in [1.82, 2.24) is 20.5 Å². The molecule has 5 nitrogen and oxygen atoms in total. The van der Waals surface area contributed by atoms with E-state index in [9.17, 15) is 0 Å². The second kappa shape index (κ2) is 5.15. The van der Waals surface area contributed by atoms with Gasteiger partial charge in [0.05, 0.1) is 0 Å². The molecule has 0 bridgehead atoms. The van der Waals surface area contributed by atoms with Gasteiger partial charge in [-0.3, -0.25) is 5.10 Å². The van der Waals surface area contributed by atoms with Crippen LogP contribution in [0, 0.1) is 12.8 Å². The molecule has 2 fully saturated rings. The number of H-pyrrole nitrogens is 1. The van der Waals surface area contributed by atoms with Crippen LogP contribution in [0.4, 0.5) is 5.95 Å². The van der Waals surface area contributed by atoms with Crippen molar-refractivity contribution >= 4 is 5.95 Å². The van der Waals surface area contributed by atoms with Crippen molar-refractivity contribution in [1.29, 1.82) is 0 Å². The van der Waals surface area contributed by atoms with E-state index in [1.807, 2.05) is 12.1 Å². The molecule has 110 valence electrons. The summed E-state index contributed by atoms with van der Waals surface area (Å²) in [5.41, 5.74) is 2.35. The minimum absolute atomic E-state index is 0.610. The molecule has 3 heterocycles. The van der Waals surface area contributed by atoms with Gasteiger partial charge in [-0.15, -0.1) is 5.10 Å². The molecule has 2 N–H and O–H groups in total. The van der Waals surface area contributed by atoms with Crippen LogP contribution in [0.3, 0.4) is 0 Å². The third-order valence-electron chi connectivity index (χ3n) is 4.76. The number of nitrogens with zero attached hydrogens (tertiary/aromatic N) is 3. The maximum Gasteiger partial charge on any atom is 0.245 e. The molecule has 1 aromatic heterocycles. The van der Waals surface area contributed by atoms with Crippen molar-refractivity contribution in [2.75, 3.05) is 24.5 Å². The molecule has 2 unspecified atom stereocenters. The molecule has 21 heavy (non-hydrogen) atoms. The molecule has 1 aromatic carbocycles. The number of fused-ring (bicyclic) bond motifs is 1. The summed E-state index contributed by atoms with van der Waals surface area (Å²) in [5, 5.41) is 11.2. The fraction of sp³-hybridized carbons (Fsp3) is 0.500. The van der Waals surface area contributed by atoms with E-state index in [4.69, 9.17) is 4.98 Å². The maximum absolute atomic E-state index is 4.71. The van der Waals surface area contributed by atoms with Gasteiger partial charge in [-0.2, -0.15) is 4.98 Å². The van der Waals surface area contributed by atoms with Crippen LogP contribution >= 0.6 is 0 Å². The Morgan fingerprint density at radius 3 is 3.00 bits per heavy atom. The second-order valence-electron chi connectivity index (χ2n) is 6.17. The summed E-state index contributed by atoms with van der Waals surface area (Å²) < 4.78 is 0. The fourth-order valence-electron chi connectivity index (χ4n) is 3.56. The first-order chi connectivity index (χ1) is 10.3. The zero-order chi connectivity index (χ0) is 14.2. The van der Waals surface area contributed by atoms with Gasteiger partial charge in [0.25, 0.3) is 0 Å². The number of hydrogen-bond donors (Lipinski definition) is 2.